The number of nitrogens with zero attached hydrogens (tertiary/aromatic N) is 1. The van der Waals surface area contributed by atoms with Crippen molar-refractivity contribution in [3.05, 3.63) is 18.2 Å². The molecule has 188 valence electrons. The fourth-order valence-corrected chi connectivity index (χ4v) is 5.19. The first kappa shape index (κ1) is 29.2. The van der Waals surface area contributed by atoms with Gasteiger partial charge < -0.3 is 0 Å². The van der Waals surface area contributed by atoms with Gasteiger partial charge in [0.05, 0.1) is 12.0 Å². The van der Waals surface area contributed by atoms with Crippen LogP contribution in [0.4, 0.5) is 0 Å². The number of unbranched alkanes of at least 4 members (excludes halogenated alkanes) is 15. The van der Waals surface area contributed by atoms with Crippen LogP contribution in [0.2, 0.25) is 0 Å². The molecule has 0 aliphatic rings. The minimum atomic E-state index is 0.624. The van der Waals surface area contributed by atoms with Gasteiger partial charge in [-0.2, -0.15) is 0 Å². The summed E-state index contributed by atoms with van der Waals surface area (Å²) >= 11 is 0. The summed E-state index contributed by atoms with van der Waals surface area (Å²) in [7, 11) is 0. The molecular weight excluding hydrogens is 388 g/mol. The van der Waals surface area contributed by atoms with Crippen molar-refractivity contribution >= 4 is 0 Å². The molecule has 0 bridgehead atoms. The van der Waals surface area contributed by atoms with Crippen molar-refractivity contribution in [2.75, 3.05) is 0 Å². The maximum absolute atomic E-state index is 3.68. The van der Waals surface area contributed by atoms with E-state index in [-0.39, 0.29) is 0 Å². The molecule has 1 aromatic heterocycles. The van der Waals surface area contributed by atoms with Gasteiger partial charge in [-0.15, -0.1) is 0 Å². The summed E-state index contributed by atoms with van der Waals surface area (Å²) in [5, 5.41) is 0. The third-order valence-electron chi connectivity index (χ3n) is 7.39. The number of aromatic nitrogens is 2. The van der Waals surface area contributed by atoms with Crippen LogP contribution in [0.1, 0.15) is 180 Å². The minimum Gasteiger partial charge on any atom is -0.247 e. The first-order valence-corrected chi connectivity index (χ1v) is 14.8. The standard InChI is InChI=1S/C30H58N2/c1-5-8-11-14-15-16-17-19-22-25-29(24-21-18-12-9-6-2)30-31-26-27-32(30)28(4)23-20-13-10-7-3/h26-29H,5-25H2,1-4H3/p+1. The van der Waals surface area contributed by atoms with Crippen LogP contribution in [0.25, 0.3) is 0 Å². The van der Waals surface area contributed by atoms with Crippen molar-refractivity contribution in [1.82, 2.24) is 4.98 Å². The molecule has 0 fully saturated rings. The van der Waals surface area contributed by atoms with Gasteiger partial charge in [0.1, 0.15) is 12.4 Å². The van der Waals surface area contributed by atoms with Crippen LogP contribution in [0.3, 0.4) is 0 Å². The van der Waals surface area contributed by atoms with E-state index in [4.69, 9.17) is 0 Å². The summed E-state index contributed by atoms with van der Waals surface area (Å²) in [5.74, 6) is 2.23. The van der Waals surface area contributed by atoms with Crippen molar-refractivity contribution in [3.63, 3.8) is 0 Å². The van der Waals surface area contributed by atoms with Crippen LogP contribution in [0, 0.1) is 0 Å². The summed E-state index contributed by atoms with van der Waals surface area (Å²) in [6.45, 7) is 9.36. The number of aromatic amines is 1. The van der Waals surface area contributed by atoms with E-state index in [0.717, 1.165) is 0 Å². The van der Waals surface area contributed by atoms with Gasteiger partial charge in [0.15, 0.2) is 0 Å². The SMILES string of the molecule is CCCCCCCCCCCC(CCCCCCC)c1[nH]cc[n+]1C(C)CCCCCC. The molecule has 0 aromatic carbocycles. The van der Waals surface area contributed by atoms with Gasteiger partial charge in [0, 0.05) is 0 Å². The minimum absolute atomic E-state index is 0.624. The summed E-state index contributed by atoms with van der Waals surface area (Å²) < 4.78 is 2.59. The van der Waals surface area contributed by atoms with E-state index in [9.17, 15) is 0 Å². The highest BCUT2D eigenvalue weighted by Gasteiger charge is 2.25. The lowest BCUT2D eigenvalue weighted by atomic mass is 9.93. The van der Waals surface area contributed by atoms with Crippen molar-refractivity contribution < 1.29 is 4.57 Å². The first-order chi connectivity index (χ1) is 15.7. The summed E-state index contributed by atoms with van der Waals surface area (Å²) in [5.41, 5.74) is 0. The Morgan fingerprint density at radius 3 is 1.50 bits per heavy atom. The third kappa shape index (κ3) is 13.7. The highest BCUT2D eigenvalue weighted by molar-refractivity contribution is 4.90. The van der Waals surface area contributed by atoms with Crippen molar-refractivity contribution in [2.45, 2.75) is 174 Å². The molecule has 0 aliphatic carbocycles. The van der Waals surface area contributed by atoms with Gasteiger partial charge in [-0.3, -0.25) is 0 Å². The van der Waals surface area contributed by atoms with Gasteiger partial charge in [0.25, 0.3) is 5.82 Å². The van der Waals surface area contributed by atoms with Crippen LogP contribution in [0.5, 0.6) is 0 Å². The smallest absolute Gasteiger partial charge is 0.247 e. The van der Waals surface area contributed by atoms with Gasteiger partial charge in [0.2, 0.25) is 0 Å². The van der Waals surface area contributed by atoms with E-state index < -0.39 is 0 Å². The summed E-state index contributed by atoms with van der Waals surface area (Å²) in [6, 6.07) is 0.624. The zero-order chi connectivity index (χ0) is 23.3. The predicted octanol–water partition coefficient (Wildman–Crippen LogP) is 10.2. The second-order valence-electron chi connectivity index (χ2n) is 10.5. The molecule has 2 nitrogen and oxygen atoms in total. The molecule has 0 aliphatic heterocycles. The Morgan fingerprint density at radius 1 is 0.594 bits per heavy atom. The van der Waals surface area contributed by atoms with Gasteiger partial charge >= 0.3 is 0 Å². The molecule has 0 radical (unpaired) electrons. The van der Waals surface area contributed by atoms with E-state index in [1.807, 2.05) is 0 Å². The fourth-order valence-electron chi connectivity index (χ4n) is 5.19. The van der Waals surface area contributed by atoms with Gasteiger partial charge in [-0.25, -0.2) is 9.55 Å². The average molecular weight is 448 g/mol. The normalized spacial score (nSPS) is 13.5. The molecule has 0 saturated heterocycles. The summed E-state index contributed by atoms with van der Waals surface area (Å²) in [6.07, 6.45) is 33.8. The maximum atomic E-state index is 3.68. The van der Waals surface area contributed by atoms with Crippen molar-refractivity contribution in [3.8, 4) is 0 Å². The Kier molecular flexibility index (Phi) is 19.0. The van der Waals surface area contributed by atoms with Crippen LogP contribution in [0.15, 0.2) is 12.4 Å². The van der Waals surface area contributed by atoms with Crippen LogP contribution in [-0.4, -0.2) is 4.98 Å². The molecule has 2 atom stereocenters. The van der Waals surface area contributed by atoms with E-state index in [2.05, 4.69) is 49.6 Å². The molecule has 1 rings (SSSR count). The second kappa shape index (κ2) is 20.8. The third-order valence-corrected chi connectivity index (χ3v) is 7.39. The Morgan fingerprint density at radius 2 is 1.00 bits per heavy atom. The molecule has 2 unspecified atom stereocenters. The van der Waals surface area contributed by atoms with E-state index >= 15 is 0 Å². The Balaban J connectivity index is 2.50. The van der Waals surface area contributed by atoms with Crippen molar-refractivity contribution in [2.24, 2.45) is 0 Å². The van der Waals surface area contributed by atoms with E-state index in [0.29, 0.717) is 12.0 Å². The zero-order valence-electron chi connectivity index (χ0n) is 22.6. The quantitative estimate of drug-likeness (QED) is 0.127. The number of hydrogen-bond acceptors (Lipinski definition) is 0. The van der Waals surface area contributed by atoms with Crippen LogP contribution < -0.4 is 4.57 Å². The van der Waals surface area contributed by atoms with Gasteiger partial charge in [-0.05, 0) is 32.6 Å². The Hall–Kier alpha value is -0.790. The maximum Gasteiger partial charge on any atom is 0.257 e. The lowest BCUT2D eigenvalue weighted by Gasteiger charge is -2.17. The lowest BCUT2D eigenvalue weighted by Crippen LogP contribution is -2.41. The average Bonchev–Trinajstić information content (AvgIpc) is 3.29. The number of hydrogen-bond donors (Lipinski definition) is 1. The lowest BCUT2D eigenvalue weighted by molar-refractivity contribution is -0.727. The van der Waals surface area contributed by atoms with Crippen molar-refractivity contribution in [1.29, 1.82) is 0 Å². The molecule has 32 heavy (non-hydrogen) atoms. The number of H-pyrrole nitrogens is 1. The van der Waals surface area contributed by atoms with E-state index in [1.165, 1.54) is 141 Å². The monoisotopic (exact) mass is 447 g/mol. The molecule has 0 amide bonds. The molecule has 1 N–H and O–H groups in total. The van der Waals surface area contributed by atoms with E-state index in [1.54, 1.807) is 0 Å². The molecule has 1 heterocycles. The first-order valence-electron chi connectivity index (χ1n) is 14.8. The highest BCUT2D eigenvalue weighted by Crippen LogP contribution is 2.27. The largest absolute Gasteiger partial charge is 0.257 e. The Bertz CT molecular complexity index is 507. The Labute approximate surface area is 202 Å². The second-order valence-corrected chi connectivity index (χ2v) is 10.5. The van der Waals surface area contributed by atoms with Gasteiger partial charge in [-0.1, -0.05) is 130 Å². The number of imidazole rings is 1. The molecule has 1 aromatic rings. The predicted molar refractivity (Wildman–Crippen MR) is 142 cm³/mol. The number of rotatable bonds is 23. The molecular formula is C30H59N2+. The zero-order valence-corrected chi connectivity index (χ0v) is 22.6. The molecule has 0 saturated carbocycles. The molecule has 2 heteroatoms. The molecule has 0 spiro atoms. The van der Waals surface area contributed by atoms with Crippen LogP contribution in [-0.2, 0) is 0 Å². The highest BCUT2D eigenvalue weighted by atomic mass is 15.1. The fraction of sp³-hybridized carbons (Fsp3) is 0.900. The summed E-state index contributed by atoms with van der Waals surface area (Å²) in [4.78, 5) is 3.68. The topological polar surface area (TPSA) is 19.7 Å². The van der Waals surface area contributed by atoms with Crippen LogP contribution >= 0.6 is 0 Å². The number of nitrogens with one attached hydrogen (secondary N) is 1.